The molecule has 0 radical (unpaired) electrons. The van der Waals surface area contributed by atoms with Crippen molar-refractivity contribution in [3.05, 3.63) is 27.0 Å². The molecule has 0 aromatic carbocycles. The zero-order valence-electron chi connectivity index (χ0n) is 6.80. The third-order valence-electron chi connectivity index (χ3n) is 1.47. The van der Waals surface area contributed by atoms with Crippen LogP contribution in [0.4, 0.5) is 8.78 Å². The molecule has 0 unspecified atom stereocenters. The maximum Gasteiger partial charge on any atom is 0.277 e. The number of nitrogens with one attached hydrogen (secondary N) is 1. The van der Waals surface area contributed by atoms with E-state index in [1.54, 1.807) is 4.98 Å². The third-order valence-corrected chi connectivity index (χ3v) is 3.04. The van der Waals surface area contributed by atoms with Crippen molar-refractivity contribution in [2.45, 2.75) is 11.5 Å². The smallest absolute Gasteiger partial charge is 0.277 e. The Labute approximate surface area is 92.2 Å². The fourth-order valence-corrected chi connectivity index (χ4v) is 2.06. The van der Waals surface area contributed by atoms with Crippen molar-refractivity contribution in [2.75, 3.05) is 0 Å². The second kappa shape index (κ2) is 4.07. The highest BCUT2D eigenvalue weighted by atomic mass is 35.7. The molecule has 1 N–H and O–H groups in total. The van der Waals surface area contributed by atoms with Crippen molar-refractivity contribution in [1.82, 2.24) is 4.98 Å². The van der Waals surface area contributed by atoms with Crippen LogP contribution in [0.1, 0.15) is 12.0 Å². The van der Waals surface area contributed by atoms with E-state index < -0.39 is 36.6 Å². The van der Waals surface area contributed by atoms with Crippen molar-refractivity contribution in [2.24, 2.45) is 0 Å². The van der Waals surface area contributed by atoms with Gasteiger partial charge in [-0.05, 0) is 6.07 Å². The van der Waals surface area contributed by atoms with Gasteiger partial charge in [-0.2, -0.15) is 0 Å². The summed E-state index contributed by atoms with van der Waals surface area (Å²) in [5, 5.41) is -1.57. The second-order valence-corrected chi connectivity index (χ2v) is 5.38. The van der Waals surface area contributed by atoms with E-state index in [9.17, 15) is 22.0 Å². The molecule has 1 rings (SSSR count). The summed E-state index contributed by atoms with van der Waals surface area (Å²) in [4.78, 5) is 12.6. The molecule has 0 atom stereocenters. The molecule has 15 heavy (non-hydrogen) atoms. The van der Waals surface area contributed by atoms with E-state index in [2.05, 4.69) is 0 Å². The van der Waals surface area contributed by atoms with Gasteiger partial charge in [0.15, 0.2) is 5.03 Å². The maximum atomic E-state index is 12.4. The standard InChI is InChI=1S/C6H3Cl2F2NO3S/c7-3-1-2(4(9)10)6(11-5(3)12)15(8,13)14/h1,4H,(H,11,12). The van der Waals surface area contributed by atoms with Gasteiger partial charge in [0, 0.05) is 10.7 Å². The van der Waals surface area contributed by atoms with Gasteiger partial charge >= 0.3 is 0 Å². The van der Waals surface area contributed by atoms with Gasteiger partial charge in [0.1, 0.15) is 5.02 Å². The summed E-state index contributed by atoms with van der Waals surface area (Å²) in [5.74, 6) is 0. The van der Waals surface area contributed by atoms with Crippen molar-refractivity contribution in [3.63, 3.8) is 0 Å². The van der Waals surface area contributed by atoms with Gasteiger partial charge in [-0.1, -0.05) is 11.6 Å². The van der Waals surface area contributed by atoms with Crippen LogP contribution in [-0.2, 0) is 9.05 Å². The number of halogens is 4. The van der Waals surface area contributed by atoms with Crippen LogP contribution in [0.3, 0.4) is 0 Å². The minimum Gasteiger partial charge on any atom is -0.310 e. The van der Waals surface area contributed by atoms with Gasteiger partial charge in [-0.25, -0.2) is 17.2 Å². The van der Waals surface area contributed by atoms with E-state index in [1.165, 1.54) is 0 Å². The number of hydrogen-bond acceptors (Lipinski definition) is 3. The summed E-state index contributed by atoms with van der Waals surface area (Å²) < 4.78 is 46.4. The van der Waals surface area contributed by atoms with Gasteiger partial charge in [-0.15, -0.1) is 0 Å². The molecule has 0 aliphatic rings. The van der Waals surface area contributed by atoms with Crippen LogP contribution >= 0.6 is 22.3 Å². The summed E-state index contributed by atoms with van der Waals surface area (Å²) in [6, 6.07) is 0.570. The van der Waals surface area contributed by atoms with Crippen LogP contribution in [0.15, 0.2) is 15.9 Å². The number of aromatic nitrogens is 1. The van der Waals surface area contributed by atoms with Crippen LogP contribution in [0.2, 0.25) is 5.02 Å². The largest absolute Gasteiger partial charge is 0.310 e. The first kappa shape index (κ1) is 12.4. The minimum absolute atomic E-state index is 0.533. The molecule has 0 aliphatic carbocycles. The lowest BCUT2D eigenvalue weighted by molar-refractivity contribution is 0.147. The van der Waals surface area contributed by atoms with Crippen LogP contribution in [-0.4, -0.2) is 13.4 Å². The second-order valence-electron chi connectivity index (χ2n) is 2.47. The van der Waals surface area contributed by atoms with Crippen molar-refractivity contribution >= 4 is 31.3 Å². The zero-order chi connectivity index (χ0) is 11.8. The van der Waals surface area contributed by atoms with E-state index in [1.807, 2.05) is 0 Å². The first-order chi connectivity index (χ1) is 6.73. The van der Waals surface area contributed by atoms with Gasteiger partial charge < -0.3 is 4.98 Å². The lowest BCUT2D eigenvalue weighted by Crippen LogP contribution is -2.14. The number of alkyl halides is 2. The Morgan fingerprint density at radius 2 is 1.93 bits per heavy atom. The first-order valence-electron chi connectivity index (χ1n) is 3.39. The summed E-state index contributed by atoms with van der Waals surface area (Å²) in [7, 11) is 0.418. The Morgan fingerprint density at radius 1 is 1.40 bits per heavy atom. The molecule has 84 valence electrons. The van der Waals surface area contributed by atoms with Crippen LogP contribution in [0, 0.1) is 0 Å². The zero-order valence-corrected chi connectivity index (χ0v) is 9.13. The molecular formula is C6H3Cl2F2NO3S. The van der Waals surface area contributed by atoms with Gasteiger partial charge in [0.25, 0.3) is 21.0 Å². The molecule has 1 aromatic heterocycles. The molecule has 0 bridgehead atoms. The Kier molecular flexibility index (Phi) is 3.37. The molecule has 0 spiro atoms. The molecule has 0 amide bonds. The Balaban J connectivity index is 3.64. The molecule has 0 fully saturated rings. The average Bonchev–Trinajstić information content (AvgIpc) is 2.06. The highest BCUT2D eigenvalue weighted by Gasteiger charge is 2.24. The first-order valence-corrected chi connectivity index (χ1v) is 6.07. The molecule has 0 saturated carbocycles. The lowest BCUT2D eigenvalue weighted by atomic mass is 10.3. The number of H-pyrrole nitrogens is 1. The van der Waals surface area contributed by atoms with Crippen molar-refractivity contribution in [3.8, 4) is 0 Å². The monoisotopic (exact) mass is 277 g/mol. The number of pyridine rings is 1. The molecule has 4 nitrogen and oxygen atoms in total. The van der Waals surface area contributed by atoms with Crippen LogP contribution < -0.4 is 5.56 Å². The van der Waals surface area contributed by atoms with Crippen LogP contribution in [0.25, 0.3) is 0 Å². The van der Waals surface area contributed by atoms with Crippen molar-refractivity contribution in [1.29, 1.82) is 0 Å². The number of aromatic amines is 1. The van der Waals surface area contributed by atoms with Crippen molar-refractivity contribution < 1.29 is 17.2 Å². The highest BCUT2D eigenvalue weighted by molar-refractivity contribution is 8.13. The molecular weight excluding hydrogens is 275 g/mol. The Bertz CT molecular complexity index is 540. The van der Waals surface area contributed by atoms with Gasteiger partial charge in [-0.3, -0.25) is 4.79 Å². The lowest BCUT2D eigenvalue weighted by Gasteiger charge is -2.05. The fourth-order valence-electron chi connectivity index (χ4n) is 0.866. The molecule has 0 saturated heterocycles. The average molecular weight is 278 g/mol. The molecule has 1 heterocycles. The SMILES string of the molecule is O=c1[nH]c(S(=O)(=O)Cl)c(C(F)F)cc1Cl. The molecule has 1 aromatic rings. The third kappa shape index (κ3) is 2.67. The van der Waals surface area contributed by atoms with E-state index in [4.69, 9.17) is 22.3 Å². The Morgan fingerprint density at radius 3 is 2.33 bits per heavy atom. The topological polar surface area (TPSA) is 67.0 Å². The minimum atomic E-state index is -4.44. The van der Waals surface area contributed by atoms with Gasteiger partial charge in [0.05, 0.1) is 5.56 Å². The Hall–Kier alpha value is -0.660. The van der Waals surface area contributed by atoms with Gasteiger partial charge in [0.2, 0.25) is 0 Å². The summed E-state index contributed by atoms with van der Waals surface area (Å²) in [6.45, 7) is 0. The molecule has 0 aliphatic heterocycles. The molecule has 9 heteroatoms. The highest BCUT2D eigenvalue weighted by Crippen LogP contribution is 2.27. The number of hydrogen-bond donors (Lipinski definition) is 1. The predicted octanol–water partition coefficient (Wildman–Crippen LogP) is 1.89. The quantitative estimate of drug-likeness (QED) is 0.840. The summed E-state index contributed by atoms with van der Waals surface area (Å²) >= 11 is 5.26. The fraction of sp³-hybridized carbons (Fsp3) is 0.167. The van der Waals surface area contributed by atoms with E-state index in [-0.39, 0.29) is 0 Å². The summed E-state index contributed by atoms with van der Waals surface area (Å²) in [6.07, 6.45) is -3.11. The summed E-state index contributed by atoms with van der Waals surface area (Å²) in [5.41, 5.74) is -1.94. The van der Waals surface area contributed by atoms with E-state index >= 15 is 0 Å². The predicted molar refractivity (Wildman–Crippen MR) is 50.1 cm³/mol. The number of rotatable bonds is 2. The maximum absolute atomic E-state index is 12.4. The van der Waals surface area contributed by atoms with E-state index in [0.29, 0.717) is 6.07 Å². The van der Waals surface area contributed by atoms with E-state index in [0.717, 1.165) is 0 Å². The van der Waals surface area contributed by atoms with Crippen LogP contribution in [0.5, 0.6) is 0 Å². The normalized spacial score (nSPS) is 12.1.